The molecule has 0 aliphatic heterocycles. The Kier molecular flexibility index (Phi) is 4.08. The largest absolute Gasteiger partial charge is 0.384 e. The van der Waals surface area contributed by atoms with E-state index in [0.29, 0.717) is 10.6 Å². The molecule has 114 valence electrons. The maximum atomic E-state index is 12.8. The first-order valence-electron chi connectivity index (χ1n) is 6.65. The average Bonchev–Trinajstić information content (AvgIpc) is 2.61. The first kappa shape index (κ1) is 15.9. The van der Waals surface area contributed by atoms with E-state index in [1.165, 1.54) is 12.1 Å². The molecule has 0 amide bonds. The van der Waals surface area contributed by atoms with E-state index in [1.54, 1.807) is 19.1 Å². The Hall–Kier alpha value is -1.46. The van der Waals surface area contributed by atoms with E-state index in [-0.39, 0.29) is 21.7 Å². The third-order valence-electron chi connectivity index (χ3n) is 3.65. The van der Waals surface area contributed by atoms with Crippen LogP contribution in [0.4, 0.5) is 5.82 Å². The van der Waals surface area contributed by atoms with Gasteiger partial charge in [0, 0.05) is 16.8 Å². The molecule has 1 aromatic heterocycles. The van der Waals surface area contributed by atoms with Crippen LogP contribution in [0.25, 0.3) is 0 Å². The molecular formula is C15H19ClN2O2S. The van der Waals surface area contributed by atoms with Gasteiger partial charge in [0.2, 0.25) is 9.84 Å². The Morgan fingerprint density at radius 3 is 2.10 bits per heavy atom. The molecule has 6 heteroatoms. The molecule has 0 bridgehead atoms. The van der Waals surface area contributed by atoms with Gasteiger partial charge in [-0.05, 0) is 57.5 Å². The van der Waals surface area contributed by atoms with Crippen molar-refractivity contribution in [2.24, 2.45) is 0 Å². The molecule has 0 radical (unpaired) electrons. The van der Waals surface area contributed by atoms with Crippen LogP contribution in [0.1, 0.15) is 31.1 Å². The van der Waals surface area contributed by atoms with E-state index in [1.807, 2.05) is 25.3 Å². The lowest BCUT2D eigenvalue weighted by atomic mass is 10.3. The Morgan fingerprint density at radius 2 is 1.67 bits per heavy atom. The number of halogens is 1. The SMILES string of the molecule is Cc1c(S(=O)(=O)c2ccc(Cl)cc2)c(N)n(C(C)C)c1C. The molecule has 0 saturated carbocycles. The van der Waals surface area contributed by atoms with Crippen molar-refractivity contribution in [1.29, 1.82) is 0 Å². The topological polar surface area (TPSA) is 65.1 Å². The van der Waals surface area contributed by atoms with Gasteiger partial charge in [-0.1, -0.05) is 11.6 Å². The van der Waals surface area contributed by atoms with Gasteiger partial charge in [-0.2, -0.15) is 0 Å². The minimum absolute atomic E-state index is 0.0952. The van der Waals surface area contributed by atoms with Gasteiger partial charge in [0.15, 0.2) is 0 Å². The molecule has 4 nitrogen and oxygen atoms in total. The van der Waals surface area contributed by atoms with Crippen molar-refractivity contribution in [1.82, 2.24) is 4.57 Å². The zero-order chi connectivity index (χ0) is 15.9. The van der Waals surface area contributed by atoms with Crippen molar-refractivity contribution in [2.75, 3.05) is 5.73 Å². The van der Waals surface area contributed by atoms with Crippen molar-refractivity contribution in [3.05, 3.63) is 40.5 Å². The van der Waals surface area contributed by atoms with Crippen LogP contribution in [0.5, 0.6) is 0 Å². The molecule has 0 unspecified atom stereocenters. The van der Waals surface area contributed by atoms with Crippen LogP contribution in [-0.2, 0) is 9.84 Å². The van der Waals surface area contributed by atoms with Gasteiger partial charge in [-0.3, -0.25) is 0 Å². The third kappa shape index (κ3) is 2.56. The summed E-state index contributed by atoms with van der Waals surface area (Å²) in [7, 11) is -3.66. The first-order valence-corrected chi connectivity index (χ1v) is 8.51. The standard InChI is InChI=1S/C15H19ClN2O2S/c1-9(2)18-11(4)10(3)14(15(18)17)21(19,20)13-7-5-12(16)6-8-13/h5-9H,17H2,1-4H3. The number of anilines is 1. The molecule has 0 fully saturated rings. The fraction of sp³-hybridized carbons (Fsp3) is 0.333. The van der Waals surface area contributed by atoms with Gasteiger partial charge < -0.3 is 10.3 Å². The second kappa shape index (κ2) is 5.39. The van der Waals surface area contributed by atoms with Crippen LogP contribution in [0.2, 0.25) is 5.02 Å². The molecule has 1 aromatic carbocycles. The fourth-order valence-corrected chi connectivity index (χ4v) is 4.34. The van der Waals surface area contributed by atoms with Crippen LogP contribution in [0.15, 0.2) is 34.1 Å². The second-order valence-electron chi connectivity index (χ2n) is 5.35. The lowest BCUT2D eigenvalue weighted by Crippen LogP contribution is -2.10. The van der Waals surface area contributed by atoms with Crippen molar-refractivity contribution >= 4 is 27.3 Å². The maximum Gasteiger partial charge on any atom is 0.210 e. The van der Waals surface area contributed by atoms with E-state index in [9.17, 15) is 8.42 Å². The smallest absolute Gasteiger partial charge is 0.210 e. The molecule has 2 N–H and O–H groups in total. The average molecular weight is 327 g/mol. The number of benzene rings is 1. The van der Waals surface area contributed by atoms with Crippen LogP contribution >= 0.6 is 11.6 Å². The molecule has 1 heterocycles. The van der Waals surface area contributed by atoms with E-state index in [4.69, 9.17) is 17.3 Å². The number of rotatable bonds is 3. The summed E-state index contributed by atoms with van der Waals surface area (Å²) >= 11 is 5.82. The molecule has 0 spiro atoms. The number of nitrogens with zero attached hydrogens (tertiary/aromatic N) is 1. The van der Waals surface area contributed by atoms with Crippen LogP contribution < -0.4 is 5.73 Å². The zero-order valence-corrected chi connectivity index (χ0v) is 14.1. The molecule has 0 aliphatic carbocycles. The predicted molar refractivity (Wildman–Crippen MR) is 85.6 cm³/mol. The minimum Gasteiger partial charge on any atom is -0.384 e. The maximum absolute atomic E-state index is 12.8. The zero-order valence-electron chi connectivity index (χ0n) is 12.5. The monoisotopic (exact) mass is 326 g/mol. The molecule has 21 heavy (non-hydrogen) atoms. The molecule has 0 saturated heterocycles. The molecule has 0 aliphatic rings. The summed E-state index contributed by atoms with van der Waals surface area (Å²) in [6.45, 7) is 7.61. The van der Waals surface area contributed by atoms with Gasteiger partial charge in [0.1, 0.15) is 10.7 Å². The number of hydrogen-bond acceptors (Lipinski definition) is 3. The summed E-state index contributed by atoms with van der Waals surface area (Å²) in [5.41, 5.74) is 7.68. The van der Waals surface area contributed by atoms with Gasteiger partial charge >= 0.3 is 0 Å². The van der Waals surface area contributed by atoms with Crippen LogP contribution in [-0.4, -0.2) is 13.0 Å². The van der Waals surface area contributed by atoms with E-state index < -0.39 is 9.84 Å². The summed E-state index contributed by atoms with van der Waals surface area (Å²) in [5.74, 6) is 0.287. The Balaban J connectivity index is 2.72. The predicted octanol–water partition coefficient (Wildman–Crippen LogP) is 3.75. The lowest BCUT2D eigenvalue weighted by molar-refractivity contribution is 0.589. The summed E-state index contributed by atoms with van der Waals surface area (Å²) in [4.78, 5) is 0.388. The highest BCUT2D eigenvalue weighted by atomic mass is 35.5. The molecule has 2 rings (SSSR count). The second-order valence-corrected chi connectivity index (χ2v) is 7.67. The van der Waals surface area contributed by atoms with Gasteiger partial charge in [0.25, 0.3) is 0 Å². The number of aromatic nitrogens is 1. The lowest BCUT2D eigenvalue weighted by Gasteiger charge is -2.13. The fourth-order valence-electron chi connectivity index (χ4n) is 2.56. The number of nitrogens with two attached hydrogens (primary N) is 1. The Labute approximate surface area is 130 Å². The van der Waals surface area contributed by atoms with Gasteiger partial charge in [-0.15, -0.1) is 0 Å². The van der Waals surface area contributed by atoms with Crippen LogP contribution in [0, 0.1) is 13.8 Å². The van der Waals surface area contributed by atoms with Crippen LogP contribution in [0.3, 0.4) is 0 Å². The van der Waals surface area contributed by atoms with Crippen molar-refractivity contribution in [2.45, 2.75) is 43.5 Å². The van der Waals surface area contributed by atoms with Crippen molar-refractivity contribution in [3.8, 4) is 0 Å². The van der Waals surface area contributed by atoms with E-state index >= 15 is 0 Å². The highest BCUT2D eigenvalue weighted by molar-refractivity contribution is 7.91. The van der Waals surface area contributed by atoms with Crippen molar-refractivity contribution < 1.29 is 8.42 Å². The van der Waals surface area contributed by atoms with Crippen molar-refractivity contribution in [3.63, 3.8) is 0 Å². The van der Waals surface area contributed by atoms with Gasteiger partial charge in [-0.25, -0.2) is 8.42 Å². The summed E-state index contributed by atoms with van der Waals surface area (Å²) in [6.07, 6.45) is 0. The quantitative estimate of drug-likeness (QED) is 0.934. The summed E-state index contributed by atoms with van der Waals surface area (Å²) < 4.78 is 27.5. The molecule has 2 aromatic rings. The Morgan fingerprint density at radius 1 is 1.14 bits per heavy atom. The molecular weight excluding hydrogens is 308 g/mol. The third-order valence-corrected chi connectivity index (χ3v) is 5.84. The number of hydrogen-bond donors (Lipinski definition) is 1. The van der Waals surface area contributed by atoms with E-state index in [0.717, 1.165) is 5.69 Å². The summed E-state index contributed by atoms with van der Waals surface area (Å²) in [6, 6.07) is 6.22. The Bertz CT molecular complexity index is 775. The summed E-state index contributed by atoms with van der Waals surface area (Å²) in [5, 5.41) is 0.495. The van der Waals surface area contributed by atoms with E-state index in [2.05, 4.69) is 0 Å². The normalized spacial score (nSPS) is 12.1. The highest BCUT2D eigenvalue weighted by Gasteiger charge is 2.28. The van der Waals surface area contributed by atoms with Gasteiger partial charge in [0.05, 0.1) is 4.90 Å². The molecule has 0 atom stereocenters. The number of nitrogen functional groups attached to an aromatic ring is 1. The highest BCUT2D eigenvalue weighted by Crippen LogP contribution is 2.35. The minimum atomic E-state index is -3.66. The number of sulfone groups is 1. The first-order chi connectivity index (χ1) is 9.67.